The van der Waals surface area contributed by atoms with Crippen LogP contribution < -0.4 is 14.7 Å². The van der Waals surface area contributed by atoms with E-state index in [1.807, 2.05) is 42.5 Å². The summed E-state index contributed by atoms with van der Waals surface area (Å²) in [4.78, 5) is 22.5. The maximum absolute atomic E-state index is 11.5. The summed E-state index contributed by atoms with van der Waals surface area (Å²) in [5.74, 6) is 0.835. The molecule has 0 atom stereocenters. The molecule has 144 valence electrons. The molecule has 1 saturated heterocycles. The van der Waals surface area contributed by atoms with E-state index in [0.717, 1.165) is 48.4 Å². The predicted octanol–water partition coefficient (Wildman–Crippen LogP) is 3.51. The van der Waals surface area contributed by atoms with Gasteiger partial charge in [-0.2, -0.15) is 9.36 Å². The van der Waals surface area contributed by atoms with Gasteiger partial charge >= 0.3 is 0 Å². The van der Waals surface area contributed by atoms with Gasteiger partial charge in [0.2, 0.25) is 11.0 Å². The van der Waals surface area contributed by atoms with E-state index >= 15 is 0 Å². The summed E-state index contributed by atoms with van der Waals surface area (Å²) >= 11 is 1.46. The highest BCUT2D eigenvalue weighted by Crippen LogP contribution is 2.26. The highest BCUT2D eigenvalue weighted by atomic mass is 32.1. The molecular formula is C21H23N5OS. The minimum atomic E-state index is 0.0355. The van der Waals surface area contributed by atoms with Crippen LogP contribution in [0.3, 0.4) is 0 Å². The summed E-state index contributed by atoms with van der Waals surface area (Å²) in [5.41, 5.74) is 3.15. The van der Waals surface area contributed by atoms with Crippen molar-refractivity contribution in [3.8, 4) is 11.4 Å². The molecule has 0 N–H and O–H groups in total. The molecule has 0 unspecified atom stereocenters. The van der Waals surface area contributed by atoms with Crippen LogP contribution in [-0.4, -0.2) is 48.5 Å². The van der Waals surface area contributed by atoms with E-state index in [4.69, 9.17) is 4.98 Å². The SMILES string of the molecule is CC(=O)N(C)c1ccc(N2CCN(c3nc(-c4ccccc4)ns3)CC2)cc1. The topological polar surface area (TPSA) is 52.6 Å². The lowest BCUT2D eigenvalue weighted by molar-refractivity contribution is -0.116. The van der Waals surface area contributed by atoms with Gasteiger partial charge in [0.1, 0.15) is 0 Å². The quantitative estimate of drug-likeness (QED) is 0.679. The number of carbonyl (C=O) groups excluding carboxylic acids is 1. The Kier molecular flexibility index (Phi) is 5.25. The molecule has 0 bridgehead atoms. The fraction of sp³-hybridized carbons (Fsp3) is 0.286. The van der Waals surface area contributed by atoms with Crippen molar-refractivity contribution < 1.29 is 4.79 Å². The van der Waals surface area contributed by atoms with E-state index in [9.17, 15) is 4.79 Å². The number of hydrogen-bond acceptors (Lipinski definition) is 6. The molecule has 28 heavy (non-hydrogen) atoms. The molecule has 0 saturated carbocycles. The lowest BCUT2D eigenvalue weighted by Crippen LogP contribution is -2.46. The molecule has 1 aliphatic heterocycles. The van der Waals surface area contributed by atoms with Gasteiger partial charge in [0.15, 0.2) is 5.82 Å². The van der Waals surface area contributed by atoms with E-state index in [1.54, 1.807) is 18.9 Å². The monoisotopic (exact) mass is 393 g/mol. The Hall–Kier alpha value is -2.93. The van der Waals surface area contributed by atoms with E-state index < -0.39 is 0 Å². The number of amides is 1. The third-order valence-electron chi connectivity index (χ3n) is 5.07. The molecule has 3 aromatic rings. The molecule has 1 amide bonds. The second kappa shape index (κ2) is 7.98. The largest absolute Gasteiger partial charge is 0.368 e. The van der Waals surface area contributed by atoms with Gasteiger partial charge in [-0.3, -0.25) is 4.79 Å². The van der Waals surface area contributed by atoms with Crippen LogP contribution >= 0.6 is 11.5 Å². The molecule has 6 nitrogen and oxygen atoms in total. The van der Waals surface area contributed by atoms with Gasteiger partial charge in [-0.25, -0.2) is 0 Å². The summed E-state index contributed by atoms with van der Waals surface area (Å²) in [5, 5.41) is 0.983. The zero-order valence-corrected chi connectivity index (χ0v) is 16.9. The number of benzene rings is 2. The van der Waals surface area contributed by atoms with Gasteiger partial charge in [0.05, 0.1) is 0 Å². The van der Waals surface area contributed by atoms with Gasteiger partial charge in [-0.15, -0.1) is 0 Å². The molecule has 0 spiro atoms. The van der Waals surface area contributed by atoms with Crippen LogP contribution in [0, 0.1) is 0 Å². The van der Waals surface area contributed by atoms with Crippen molar-refractivity contribution >= 4 is 33.9 Å². The highest BCUT2D eigenvalue weighted by molar-refractivity contribution is 7.09. The maximum Gasteiger partial charge on any atom is 0.223 e. The maximum atomic E-state index is 11.5. The standard InChI is InChI=1S/C21H23N5OS/c1-16(27)24(2)18-8-10-19(11-9-18)25-12-14-26(15-13-25)21-22-20(23-28-21)17-6-4-3-5-7-17/h3-11H,12-15H2,1-2H3. The Labute approximate surface area is 169 Å². The zero-order valence-electron chi connectivity index (χ0n) is 16.1. The molecule has 2 aromatic carbocycles. The van der Waals surface area contributed by atoms with E-state index in [-0.39, 0.29) is 5.91 Å². The van der Waals surface area contributed by atoms with Crippen molar-refractivity contribution in [3.63, 3.8) is 0 Å². The lowest BCUT2D eigenvalue weighted by Gasteiger charge is -2.35. The summed E-state index contributed by atoms with van der Waals surface area (Å²) in [7, 11) is 1.79. The zero-order chi connectivity index (χ0) is 19.5. The predicted molar refractivity (Wildman–Crippen MR) is 115 cm³/mol. The Morgan fingerprint density at radius 1 is 0.964 bits per heavy atom. The summed E-state index contributed by atoms with van der Waals surface area (Å²) in [6.45, 7) is 5.27. The molecule has 7 heteroatoms. The van der Waals surface area contributed by atoms with Crippen molar-refractivity contribution in [3.05, 3.63) is 54.6 Å². The van der Waals surface area contributed by atoms with E-state index in [1.165, 1.54) is 17.2 Å². The first-order valence-electron chi connectivity index (χ1n) is 9.35. The molecule has 1 aromatic heterocycles. The van der Waals surface area contributed by atoms with Crippen LogP contribution in [0.15, 0.2) is 54.6 Å². The summed E-state index contributed by atoms with van der Waals surface area (Å²) in [6, 6.07) is 18.3. The molecule has 0 radical (unpaired) electrons. The van der Waals surface area contributed by atoms with Crippen molar-refractivity contribution in [2.75, 3.05) is 47.9 Å². The number of nitrogens with zero attached hydrogens (tertiary/aromatic N) is 5. The number of anilines is 3. The average molecular weight is 394 g/mol. The first-order valence-corrected chi connectivity index (χ1v) is 10.1. The van der Waals surface area contributed by atoms with E-state index in [2.05, 4.69) is 26.3 Å². The fourth-order valence-electron chi connectivity index (χ4n) is 3.27. The van der Waals surface area contributed by atoms with Gasteiger partial charge in [-0.05, 0) is 24.3 Å². The molecule has 0 aliphatic carbocycles. The first-order chi connectivity index (χ1) is 13.6. The van der Waals surface area contributed by atoms with Crippen molar-refractivity contribution in [1.29, 1.82) is 0 Å². The van der Waals surface area contributed by atoms with Crippen LogP contribution in [0.5, 0.6) is 0 Å². The van der Waals surface area contributed by atoms with Gasteiger partial charge in [0.25, 0.3) is 0 Å². The minimum absolute atomic E-state index is 0.0355. The second-order valence-electron chi connectivity index (χ2n) is 6.84. The van der Waals surface area contributed by atoms with Gasteiger partial charge < -0.3 is 14.7 Å². The number of carbonyl (C=O) groups is 1. The molecule has 2 heterocycles. The Morgan fingerprint density at radius 2 is 1.61 bits per heavy atom. The Bertz CT molecular complexity index is 933. The van der Waals surface area contributed by atoms with E-state index in [0.29, 0.717) is 0 Å². The van der Waals surface area contributed by atoms with Crippen LogP contribution in [0.1, 0.15) is 6.92 Å². The van der Waals surface area contributed by atoms with Crippen LogP contribution in [0.2, 0.25) is 0 Å². The molecule has 1 aliphatic rings. The average Bonchev–Trinajstić information content (AvgIpc) is 3.24. The third-order valence-corrected chi connectivity index (χ3v) is 5.85. The fourth-order valence-corrected chi connectivity index (χ4v) is 4.01. The smallest absolute Gasteiger partial charge is 0.223 e. The summed E-state index contributed by atoms with van der Waals surface area (Å²) in [6.07, 6.45) is 0. The van der Waals surface area contributed by atoms with Gasteiger partial charge in [-0.1, -0.05) is 30.3 Å². The Balaban J connectivity index is 1.38. The summed E-state index contributed by atoms with van der Waals surface area (Å²) < 4.78 is 4.52. The van der Waals surface area contributed by atoms with Crippen LogP contribution in [0.25, 0.3) is 11.4 Å². The minimum Gasteiger partial charge on any atom is -0.368 e. The van der Waals surface area contributed by atoms with Gasteiger partial charge in [0, 0.05) is 68.6 Å². The molecule has 4 rings (SSSR count). The Morgan fingerprint density at radius 3 is 2.25 bits per heavy atom. The van der Waals surface area contributed by atoms with Crippen LogP contribution in [-0.2, 0) is 4.79 Å². The number of piperazine rings is 1. The van der Waals surface area contributed by atoms with Crippen molar-refractivity contribution in [2.24, 2.45) is 0 Å². The van der Waals surface area contributed by atoms with Crippen molar-refractivity contribution in [1.82, 2.24) is 9.36 Å². The van der Waals surface area contributed by atoms with Crippen LogP contribution in [0.4, 0.5) is 16.5 Å². The second-order valence-corrected chi connectivity index (χ2v) is 7.57. The lowest BCUT2D eigenvalue weighted by atomic mass is 10.2. The number of rotatable bonds is 4. The highest BCUT2D eigenvalue weighted by Gasteiger charge is 2.21. The number of hydrogen-bond donors (Lipinski definition) is 0. The number of aromatic nitrogens is 2. The third kappa shape index (κ3) is 3.84. The molecule has 1 fully saturated rings. The van der Waals surface area contributed by atoms with Crippen molar-refractivity contribution in [2.45, 2.75) is 6.92 Å². The normalized spacial score (nSPS) is 14.2. The molecular weight excluding hydrogens is 370 g/mol. The first kappa shape index (κ1) is 18.4.